The monoisotopic (exact) mass is 179 g/mol. The zero-order valence-electron chi connectivity index (χ0n) is 8.59. The highest BCUT2D eigenvalue weighted by atomic mass is 14.9. The summed E-state index contributed by atoms with van der Waals surface area (Å²) in [6, 6.07) is 0. The lowest BCUT2D eigenvalue weighted by Gasteiger charge is -2.07. The molecule has 0 saturated carbocycles. The van der Waals surface area contributed by atoms with Gasteiger partial charge in [0.1, 0.15) is 6.33 Å². The van der Waals surface area contributed by atoms with Crippen LogP contribution in [0.25, 0.3) is 0 Å². The van der Waals surface area contributed by atoms with Gasteiger partial charge >= 0.3 is 0 Å². The Balaban J connectivity index is 2.64. The molecule has 0 bridgehead atoms. The van der Waals surface area contributed by atoms with Crippen LogP contribution in [0.3, 0.4) is 0 Å². The maximum Gasteiger partial charge on any atom is 0.115 e. The van der Waals surface area contributed by atoms with Gasteiger partial charge < -0.3 is 5.32 Å². The minimum absolute atomic E-state index is 1.01. The fourth-order valence-corrected chi connectivity index (χ4v) is 1.37. The normalized spacial score (nSPS) is 10.4. The van der Waals surface area contributed by atoms with Crippen molar-refractivity contribution in [3.63, 3.8) is 0 Å². The minimum atomic E-state index is 1.01. The average Bonchev–Trinajstić information content (AvgIpc) is 2.10. The van der Waals surface area contributed by atoms with Crippen LogP contribution < -0.4 is 5.32 Å². The van der Waals surface area contributed by atoms with E-state index in [0.29, 0.717) is 0 Å². The maximum absolute atomic E-state index is 4.18. The van der Waals surface area contributed by atoms with Crippen molar-refractivity contribution in [2.24, 2.45) is 0 Å². The average molecular weight is 179 g/mol. The highest BCUT2D eigenvalue weighted by Crippen LogP contribution is 2.07. The Morgan fingerprint density at radius 2 is 1.85 bits per heavy atom. The number of likely N-dealkylation sites (N-methyl/N-ethyl adjacent to an activating group) is 1. The maximum atomic E-state index is 4.18. The number of aryl methyl sites for hydroxylation is 2. The molecule has 1 aromatic rings. The molecule has 0 atom stereocenters. The van der Waals surface area contributed by atoms with E-state index in [1.165, 1.54) is 5.56 Å². The van der Waals surface area contributed by atoms with Gasteiger partial charge in [-0.25, -0.2) is 9.97 Å². The number of rotatable bonds is 4. The molecule has 0 unspecified atom stereocenters. The van der Waals surface area contributed by atoms with Gasteiger partial charge in [0.2, 0.25) is 0 Å². The van der Waals surface area contributed by atoms with Crippen molar-refractivity contribution >= 4 is 0 Å². The molecule has 0 aromatic carbocycles. The Kier molecular flexibility index (Phi) is 3.83. The summed E-state index contributed by atoms with van der Waals surface area (Å²) >= 11 is 0. The molecule has 0 saturated heterocycles. The Morgan fingerprint density at radius 1 is 1.23 bits per heavy atom. The summed E-state index contributed by atoms with van der Waals surface area (Å²) in [5.41, 5.74) is 3.49. The van der Waals surface area contributed by atoms with Gasteiger partial charge in [0.05, 0.1) is 0 Å². The Bertz CT molecular complexity index is 251. The van der Waals surface area contributed by atoms with Gasteiger partial charge in [-0.3, -0.25) is 0 Å². The third-order valence-corrected chi connectivity index (χ3v) is 2.18. The first kappa shape index (κ1) is 10.1. The van der Waals surface area contributed by atoms with Crippen LogP contribution in [-0.2, 0) is 6.42 Å². The molecule has 0 aliphatic heterocycles. The first-order valence-electron chi connectivity index (χ1n) is 4.73. The molecule has 1 heterocycles. The van der Waals surface area contributed by atoms with E-state index in [9.17, 15) is 0 Å². The SMILES string of the molecule is CCNCCc1c(C)ncnc1C. The lowest BCUT2D eigenvalue weighted by Crippen LogP contribution is -2.17. The summed E-state index contributed by atoms with van der Waals surface area (Å²) in [5.74, 6) is 0. The van der Waals surface area contributed by atoms with Gasteiger partial charge in [0.15, 0.2) is 0 Å². The fraction of sp³-hybridized carbons (Fsp3) is 0.600. The van der Waals surface area contributed by atoms with E-state index in [4.69, 9.17) is 0 Å². The largest absolute Gasteiger partial charge is 0.317 e. The number of aromatic nitrogens is 2. The summed E-state index contributed by atoms with van der Waals surface area (Å²) in [4.78, 5) is 8.36. The van der Waals surface area contributed by atoms with Crippen LogP contribution in [0.5, 0.6) is 0 Å². The molecular weight excluding hydrogens is 162 g/mol. The lowest BCUT2D eigenvalue weighted by atomic mass is 10.1. The van der Waals surface area contributed by atoms with Gasteiger partial charge in [-0.2, -0.15) is 0 Å². The molecule has 3 heteroatoms. The first-order chi connectivity index (χ1) is 6.25. The van der Waals surface area contributed by atoms with E-state index in [1.54, 1.807) is 6.33 Å². The standard InChI is InChI=1S/C10H17N3/c1-4-11-6-5-10-8(2)12-7-13-9(10)3/h7,11H,4-6H2,1-3H3. The van der Waals surface area contributed by atoms with Gasteiger partial charge in [-0.15, -0.1) is 0 Å². The highest BCUT2D eigenvalue weighted by molar-refractivity contribution is 5.22. The van der Waals surface area contributed by atoms with Crippen molar-refractivity contribution in [3.8, 4) is 0 Å². The summed E-state index contributed by atoms with van der Waals surface area (Å²) in [5, 5.41) is 3.30. The van der Waals surface area contributed by atoms with Crippen LogP contribution in [0.2, 0.25) is 0 Å². The van der Waals surface area contributed by atoms with Gasteiger partial charge in [0.25, 0.3) is 0 Å². The predicted molar refractivity (Wildman–Crippen MR) is 53.8 cm³/mol. The van der Waals surface area contributed by atoms with Gasteiger partial charge in [-0.05, 0) is 38.9 Å². The van der Waals surface area contributed by atoms with Crippen LogP contribution in [0.15, 0.2) is 6.33 Å². The molecule has 1 N–H and O–H groups in total. The minimum Gasteiger partial charge on any atom is -0.317 e. The van der Waals surface area contributed by atoms with Gasteiger partial charge in [0, 0.05) is 11.4 Å². The van der Waals surface area contributed by atoms with E-state index in [2.05, 4.69) is 22.2 Å². The van der Waals surface area contributed by atoms with Crippen LogP contribution >= 0.6 is 0 Å². The third kappa shape index (κ3) is 2.77. The Hall–Kier alpha value is -0.960. The lowest BCUT2D eigenvalue weighted by molar-refractivity contribution is 0.707. The Morgan fingerprint density at radius 3 is 2.38 bits per heavy atom. The smallest absolute Gasteiger partial charge is 0.115 e. The van der Waals surface area contributed by atoms with Crippen LogP contribution in [0.4, 0.5) is 0 Å². The summed E-state index contributed by atoms with van der Waals surface area (Å²) in [7, 11) is 0. The molecule has 0 spiro atoms. The van der Waals surface area contributed by atoms with E-state index in [1.807, 2.05) is 13.8 Å². The molecule has 0 aliphatic carbocycles. The zero-order valence-corrected chi connectivity index (χ0v) is 8.59. The van der Waals surface area contributed by atoms with Crippen molar-refractivity contribution < 1.29 is 0 Å². The zero-order chi connectivity index (χ0) is 9.68. The number of nitrogens with one attached hydrogen (secondary N) is 1. The first-order valence-corrected chi connectivity index (χ1v) is 4.73. The van der Waals surface area contributed by atoms with E-state index >= 15 is 0 Å². The summed E-state index contributed by atoms with van der Waals surface area (Å²) in [6.07, 6.45) is 2.65. The third-order valence-electron chi connectivity index (χ3n) is 2.18. The number of hydrogen-bond donors (Lipinski definition) is 1. The number of nitrogens with zero attached hydrogens (tertiary/aromatic N) is 2. The van der Waals surface area contributed by atoms with E-state index in [-0.39, 0.29) is 0 Å². The second kappa shape index (κ2) is 4.92. The van der Waals surface area contributed by atoms with Crippen molar-refractivity contribution in [2.45, 2.75) is 27.2 Å². The molecule has 0 radical (unpaired) electrons. The topological polar surface area (TPSA) is 37.8 Å². The molecule has 72 valence electrons. The fourth-order valence-electron chi connectivity index (χ4n) is 1.37. The molecule has 1 rings (SSSR count). The Labute approximate surface area is 79.6 Å². The second-order valence-corrected chi connectivity index (χ2v) is 3.13. The van der Waals surface area contributed by atoms with E-state index in [0.717, 1.165) is 30.9 Å². The second-order valence-electron chi connectivity index (χ2n) is 3.13. The quantitative estimate of drug-likeness (QED) is 0.707. The predicted octanol–water partition coefficient (Wildman–Crippen LogP) is 1.25. The summed E-state index contributed by atoms with van der Waals surface area (Å²) in [6.45, 7) is 8.21. The van der Waals surface area contributed by atoms with Gasteiger partial charge in [-0.1, -0.05) is 6.92 Å². The highest BCUT2D eigenvalue weighted by Gasteiger charge is 2.02. The molecule has 0 fully saturated rings. The van der Waals surface area contributed by atoms with E-state index < -0.39 is 0 Å². The van der Waals surface area contributed by atoms with Crippen LogP contribution in [-0.4, -0.2) is 23.1 Å². The molecule has 13 heavy (non-hydrogen) atoms. The van der Waals surface area contributed by atoms with Crippen molar-refractivity contribution in [3.05, 3.63) is 23.3 Å². The summed E-state index contributed by atoms with van der Waals surface area (Å²) < 4.78 is 0. The molecule has 0 amide bonds. The van der Waals surface area contributed by atoms with Crippen molar-refractivity contribution in [1.82, 2.24) is 15.3 Å². The number of hydrogen-bond acceptors (Lipinski definition) is 3. The molecular formula is C10H17N3. The molecule has 0 aliphatic rings. The molecule has 3 nitrogen and oxygen atoms in total. The molecule has 1 aromatic heterocycles. The van der Waals surface area contributed by atoms with Crippen molar-refractivity contribution in [1.29, 1.82) is 0 Å². The van der Waals surface area contributed by atoms with Crippen LogP contribution in [0.1, 0.15) is 23.9 Å². The van der Waals surface area contributed by atoms with Crippen molar-refractivity contribution in [2.75, 3.05) is 13.1 Å². The van der Waals surface area contributed by atoms with Crippen LogP contribution in [0, 0.1) is 13.8 Å².